The number of rotatable bonds is 5. The van der Waals surface area contributed by atoms with Crippen molar-refractivity contribution in [1.82, 2.24) is 5.32 Å². The van der Waals surface area contributed by atoms with Crippen LogP contribution >= 0.6 is 12.2 Å². The molecule has 0 radical (unpaired) electrons. The second-order valence-electron chi connectivity index (χ2n) is 7.63. The molecule has 1 fully saturated rings. The van der Waals surface area contributed by atoms with Gasteiger partial charge in [-0.3, -0.25) is 0 Å². The van der Waals surface area contributed by atoms with E-state index in [1.165, 1.54) is 42.7 Å². The molecular weight excluding hydrogens is 350 g/mol. The van der Waals surface area contributed by atoms with Crippen molar-refractivity contribution in [2.24, 2.45) is 5.92 Å². The molecule has 0 unspecified atom stereocenters. The second-order valence-corrected chi connectivity index (χ2v) is 8.04. The van der Waals surface area contributed by atoms with Crippen LogP contribution in [0.5, 0.6) is 0 Å². The number of nitrogens with zero attached hydrogens (tertiary/aromatic N) is 1. The summed E-state index contributed by atoms with van der Waals surface area (Å²) in [5.74, 6) is 0.858. The zero-order chi connectivity index (χ0) is 19.2. The topological polar surface area (TPSA) is 27.3 Å². The summed E-state index contributed by atoms with van der Waals surface area (Å²) >= 11 is 5.48. The van der Waals surface area contributed by atoms with Crippen LogP contribution < -0.4 is 15.5 Å². The van der Waals surface area contributed by atoms with E-state index in [1.54, 1.807) is 0 Å². The van der Waals surface area contributed by atoms with Crippen molar-refractivity contribution in [3.05, 3.63) is 59.7 Å². The molecule has 0 spiro atoms. The molecule has 1 heterocycles. The Hall–Kier alpha value is -2.07. The second kappa shape index (κ2) is 9.23. The van der Waals surface area contributed by atoms with Gasteiger partial charge in [0.15, 0.2) is 5.11 Å². The third-order valence-electron chi connectivity index (χ3n) is 5.51. The Morgan fingerprint density at radius 2 is 1.70 bits per heavy atom. The number of thiocarbonyl (C=S) groups is 1. The fourth-order valence-electron chi connectivity index (χ4n) is 3.51. The number of benzene rings is 2. The molecule has 2 N–H and O–H groups in total. The molecule has 1 aliphatic heterocycles. The normalized spacial score (nSPS) is 16.0. The molecule has 3 rings (SSSR count). The molecule has 0 bridgehead atoms. The zero-order valence-electron chi connectivity index (χ0n) is 16.7. The zero-order valence-corrected chi connectivity index (χ0v) is 17.5. The molecule has 1 saturated heterocycles. The maximum Gasteiger partial charge on any atom is 0.171 e. The summed E-state index contributed by atoms with van der Waals surface area (Å²) in [6, 6.07) is 17.5. The lowest BCUT2D eigenvalue weighted by molar-refractivity contribution is 0.438. The van der Waals surface area contributed by atoms with Crippen LogP contribution in [0.3, 0.4) is 0 Å². The minimum absolute atomic E-state index is 0.162. The van der Waals surface area contributed by atoms with Gasteiger partial charge in [-0.1, -0.05) is 38.1 Å². The smallest absolute Gasteiger partial charge is 0.171 e. The SMILES string of the molecule is CCc1ccc(NC(=S)N[C@H](C)c2ccc(N3CCC(C)CC3)cc2)cc1. The van der Waals surface area contributed by atoms with Crippen LogP contribution in [0, 0.1) is 5.92 Å². The molecule has 1 atom stereocenters. The molecule has 2 aromatic rings. The van der Waals surface area contributed by atoms with E-state index >= 15 is 0 Å². The third kappa shape index (κ3) is 5.46. The van der Waals surface area contributed by atoms with Gasteiger partial charge >= 0.3 is 0 Å². The van der Waals surface area contributed by atoms with E-state index in [0.717, 1.165) is 18.0 Å². The van der Waals surface area contributed by atoms with Crippen LogP contribution in [0.2, 0.25) is 0 Å². The number of piperidine rings is 1. The highest BCUT2D eigenvalue weighted by molar-refractivity contribution is 7.80. The first kappa shape index (κ1) is 19.7. The molecule has 0 amide bonds. The van der Waals surface area contributed by atoms with Crippen molar-refractivity contribution < 1.29 is 0 Å². The predicted molar refractivity (Wildman–Crippen MR) is 121 cm³/mol. The van der Waals surface area contributed by atoms with E-state index in [1.807, 2.05) is 0 Å². The van der Waals surface area contributed by atoms with Gasteiger partial charge in [-0.25, -0.2) is 0 Å². The van der Waals surface area contributed by atoms with Gasteiger partial charge in [0, 0.05) is 24.5 Å². The molecule has 0 aliphatic carbocycles. The van der Waals surface area contributed by atoms with E-state index in [-0.39, 0.29) is 6.04 Å². The van der Waals surface area contributed by atoms with Gasteiger partial charge in [-0.2, -0.15) is 0 Å². The fraction of sp³-hybridized carbons (Fsp3) is 0.435. The first-order valence-electron chi connectivity index (χ1n) is 10.1. The Labute approximate surface area is 169 Å². The standard InChI is InChI=1S/C23H31N3S/c1-4-19-5-9-21(10-6-19)25-23(27)24-18(3)20-7-11-22(12-8-20)26-15-13-17(2)14-16-26/h5-12,17-18H,4,13-16H2,1-3H3,(H2,24,25,27)/t18-/m1/s1. The highest BCUT2D eigenvalue weighted by atomic mass is 32.1. The first-order chi connectivity index (χ1) is 13.0. The Balaban J connectivity index is 1.53. The van der Waals surface area contributed by atoms with Gasteiger partial charge in [-0.15, -0.1) is 0 Å². The Morgan fingerprint density at radius 1 is 1.07 bits per heavy atom. The number of aryl methyl sites for hydroxylation is 1. The van der Waals surface area contributed by atoms with Crippen LogP contribution in [0.1, 0.15) is 50.8 Å². The van der Waals surface area contributed by atoms with Crippen LogP contribution in [0.15, 0.2) is 48.5 Å². The van der Waals surface area contributed by atoms with Gasteiger partial charge in [0.2, 0.25) is 0 Å². The maximum absolute atomic E-state index is 5.48. The fourth-order valence-corrected chi connectivity index (χ4v) is 3.81. The Morgan fingerprint density at radius 3 is 2.30 bits per heavy atom. The van der Waals surface area contributed by atoms with E-state index in [0.29, 0.717) is 5.11 Å². The van der Waals surface area contributed by atoms with Crippen molar-refractivity contribution in [2.75, 3.05) is 23.3 Å². The Kier molecular flexibility index (Phi) is 6.73. The molecule has 0 saturated carbocycles. The van der Waals surface area contributed by atoms with E-state index < -0.39 is 0 Å². The molecule has 2 aromatic carbocycles. The molecule has 144 valence electrons. The Bertz CT molecular complexity index is 731. The summed E-state index contributed by atoms with van der Waals surface area (Å²) < 4.78 is 0. The lowest BCUT2D eigenvalue weighted by Crippen LogP contribution is -2.33. The largest absolute Gasteiger partial charge is 0.372 e. The lowest BCUT2D eigenvalue weighted by atomic mass is 9.98. The summed E-state index contributed by atoms with van der Waals surface area (Å²) in [6.45, 7) is 8.99. The van der Waals surface area contributed by atoms with Gasteiger partial charge in [0.1, 0.15) is 0 Å². The average molecular weight is 382 g/mol. The van der Waals surface area contributed by atoms with E-state index in [4.69, 9.17) is 12.2 Å². The highest BCUT2D eigenvalue weighted by Crippen LogP contribution is 2.24. The molecule has 4 heteroatoms. The number of nitrogens with one attached hydrogen (secondary N) is 2. The molecule has 27 heavy (non-hydrogen) atoms. The molecule has 1 aliphatic rings. The summed E-state index contributed by atoms with van der Waals surface area (Å²) in [6.07, 6.45) is 3.63. The van der Waals surface area contributed by atoms with Crippen LogP contribution in [0.4, 0.5) is 11.4 Å². The third-order valence-corrected chi connectivity index (χ3v) is 5.73. The van der Waals surface area contributed by atoms with Gasteiger partial charge in [0.05, 0.1) is 6.04 Å². The first-order valence-corrected chi connectivity index (χ1v) is 10.5. The van der Waals surface area contributed by atoms with Gasteiger partial charge in [-0.05, 0) is 79.7 Å². The minimum atomic E-state index is 0.162. The average Bonchev–Trinajstić information content (AvgIpc) is 2.69. The van der Waals surface area contributed by atoms with Gasteiger partial charge in [0.25, 0.3) is 0 Å². The summed E-state index contributed by atoms with van der Waals surface area (Å²) in [5, 5.41) is 7.31. The van der Waals surface area contributed by atoms with Crippen LogP contribution in [-0.2, 0) is 6.42 Å². The number of anilines is 2. The molecular formula is C23H31N3S. The van der Waals surface area contributed by atoms with Gasteiger partial charge < -0.3 is 15.5 Å². The van der Waals surface area contributed by atoms with Crippen LogP contribution in [0.25, 0.3) is 0 Å². The number of hydrogen-bond donors (Lipinski definition) is 2. The van der Waals surface area contributed by atoms with Crippen molar-refractivity contribution in [1.29, 1.82) is 0 Å². The van der Waals surface area contributed by atoms with Crippen molar-refractivity contribution in [2.45, 2.75) is 46.1 Å². The summed E-state index contributed by atoms with van der Waals surface area (Å²) in [7, 11) is 0. The maximum atomic E-state index is 5.48. The van der Waals surface area contributed by atoms with Crippen LogP contribution in [-0.4, -0.2) is 18.2 Å². The summed E-state index contributed by atoms with van der Waals surface area (Å²) in [4.78, 5) is 2.49. The monoisotopic (exact) mass is 381 g/mol. The molecule has 3 nitrogen and oxygen atoms in total. The highest BCUT2D eigenvalue weighted by Gasteiger charge is 2.16. The quantitative estimate of drug-likeness (QED) is 0.666. The van der Waals surface area contributed by atoms with E-state index in [2.05, 4.69) is 84.8 Å². The van der Waals surface area contributed by atoms with Crippen molar-refractivity contribution in [3.8, 4) is 0 Å². The van der Waals surface area contributed by atoms with Crippen molar-refractivity contribution >= 4 is 28.7 Å². The predicted octanol–water partition coefficient (Wildman–Crippen LogP) is 5.53. The molecule has 0 aromatic heterocycles. The minimum Gasteiger partial charge on any atom is -0.372 e. The summed E-state index contributed by atoms with van der Waals surface area (Å²) in [5.41, 5.74) is 4.92. The van der Waals surface area contributed by atoms with Crippen molar-refractivity contribution in [3.63, 3.8) is 0 Å². The lowest BCUT2D eigenvalue weighted by Gasteiger charge is -2.32. The van der Waals surface area contributed by atoms with E-state index in [9.17, 15) is 0 Å². The number of hydrogen-bond acceptors (Lipinski definition) is 2.